The minimum atomic E-state index is -0.0390. The summed E-state index contributed by atoms with van der Waals surface area (Å²) < 4.78 is 0. The van der Waals surface area contributed by atoms with E-state index in [2.05, 4.69) is 53.1 Å². The van der Waals surface area contributed by atoms with Gasteiger partial charge in [0.2, 0.25) is 0 Å². The van der Waals surface area contributed by atoms with Gasteiger partial charge in [-0.3, -0.25) is 9.69 Å². The molecule has 31 heavy (non-hydrogen) atoms. The largest absolute Gasteiger partial charge is 0.361 e. The molecule has 0 unspecified atom stereocenters. The van der Waals surface area contributed by atoms with E-state index in [9.17, 15) is 4.79 Å². The molecule has 0 saturated heterocycles. The highest BCUT2D eigenvalue weighted by Gasteiger charge is 2.22. The molecule has 0 atom stereocenters. The van der Waals surface area contributed by atoms with Crippen molar-refractivity contribution in [3.8, 4) is 11.4 Å². The van der Waals surface area contributed by atoms with Crippen molar-refractivity contribution in [2.24, 2.45) is 0 Å². The molecule has 4 aromatic rings. The molecule has 0 bridgehead atoms. The predicted molar refractivity (Wildman–Crippen MR) is 126 cm³/mol. The summed E-state index contributed by atoms with van der Waals surface area (Å²) >= 11 is 6.00. The Morgan fingerprint density at radius 1 is 1.16 bits per heavy atom. The van der Waals surface area contributed by atoms with Crippen molar-refractivity contribution < 1.29 is 0 Å². The van der Waals surface area contributed by atoms with Crippen LogP contribution < -0.4 is 5.56 Å². The average Bonchev–Trinajstić information content (AvgIpc) is 3.16. The minimum Gasteiger partial charge on any atom is -0.361 e. The lowest BCUT2D eigenvalue weighted by molar-refractivity contribution is 0.241. The molecule has 1 aliphatic heterocycles. The van der Waals surface area contributed by atoms with E-state index in [-0.39, 0.29) is 5.56 Å². The van der Waals surface area contributed by atoms with E-state index >= 15 is 0 Å². The number of hydrogen-bond acceptors (Lipinski definition) is 3. The molecule has 158 valence electrons. The Morgan fingerprint density at radius 2 is 1.97 bits per heavy atom. The van der Waals surface area contributed by atoms with Crippen LogP contribution in [-0.2, 0) is 19.5 Å². The van der Waals surface area contributed by atoms with E-state index in [4.69, 9.17) is 16.6 Å². The molecule has 2 aromatic heterocycles. The van der Waals surface area contributed by atoms with Gasteiger partial charge in [0.05, 0.1) is 5.69 Å². The van der Waals surface area contributed by atoms with Crippen LogP contribution in [0.15, 0.2) is 53.5 Å². The summed E-state index contributed by atoms with van der Waals surface area (Å²) in [6, 6.07) is 14.1. The molecular weight excluding hydrogens is 408 g/mol. The third-order valence-electron chi connectivity index (χ3n) is 6.12. The van der Waals surface area contributed by atoms with Gasteiger partial charge in [0.15, 0.2) is 0 Å². The number of hydrogen-bond donors (Lipinski definition) is 2. The van der Waals surface area contributed by atoms with Crippen LogP contribution in [-0.4, -0.2) is 26.4 Å². The van der Waals surface area contributed by atoms with E-state index in [1.807, 2.05) is 24.3 Å². The normalized spacial score (nSPS) is 14.3. The van der Waals surface area contributed by atoms with Crippen LogP contribution in [0, 0.1) is 0 Å². The van der Waals surface area contributed by atoms with Gasteiger partial charge in [0.25, 0.3) is 5.56 Å². The average molecular weight is 433 g/mol. The van der Waals surface area contributed by atoms with E-state index in [1.54, 1.807) is 0 Å². The lowest BCUT2D eigenvalue weighted by atomic mass is 10.0. The van der Waals surface area contributed by atoms with E-state index < -0.39 is 0 Å². The van der Waals surface area contributed by atoms with Crippen molar-refractivity contribution in [1.82, 2.24) is 19.9 Å². The zero-order valence-electron chi connectivity index (χ0n) is 17.7. The van der Waals surface area contributed by atoms with Crippen LogP contribution in [0.5, 0.6) is 0 Å². The maximum Gasteiger partial charge on any atom is 0.254 e. The van der Waals surface area contributed by atoms with Crippen molar-refractivity contribution in [3.05, 3.63) is 86.4 Å². The number of nitrogens with zero attached hydrogens (tertiary/aromatic N) is 2. The zero-order chi connectivity index (χ0) is 21.5. The Kier molecular flexibility index (Phi) is 5.16. The van der Waals surface area contributed by atoms with Gasteiger partial charge in [-0.25, -0.2) is 4.98 Å². The van der Waals surface area contributed by atoms with Crippen LogP contribution in [0.2, 0.25) is 5.02 Å². The number of benzene rings is 2. The fourth-order valence-corrected chi connectivity index (χ4v) is 4.43. The summed E-state index contributed by atoms with van der Waals surface area (Å²) in [4.78, 5) is 26.2. The summed E-state index contributed by atoms with van der Waals surface area (Å²) in [5.41, 5.74) is 6.28. The number of aromatic amines is 2. The molecule has 1 aliphatic rings. The summed E-state index contributed by atoms with van der Waals surface area (Å²) in [5.74, 6) is 1.10. The van der Waals surface area contributed by atoms with Crippen molar-refractivity contribution >= 4 is 22.5 Å². The third kappa shape index (κ3) is 3.91. The standard InChI is InChI=1S/C25H25ClN4O/c1-15(2)17-5-8-20-18(12-27-22(20)11-17)13-30-10-9-21-23(14-30)28-24(29-25(21)31)16-3-6-19(26)7-4-16/h3-8,11-12,15,27H,9-10,13-14H2,1-2H3,(H,28,29,31). The molecule has 5 rings (SSSR count). The second kappa shape index (κ2) is 7.98. The van der Waals surface area contributed by atoms with Crippen LogP contribution in [0.4, 0.5) is 0 Å². The number of aromatic nitrogens is 3. The monoisotopic (exact) mass is 432 g/mol. The first-order valence-corrected chi connectivity index (χ1v) is 11.1. The summed E-state index contributed by atoms with van der Waals surface area (Å²) in [6.07, 6.45) is 2.81. The highest BCUT2D eigenvalue weighted by atomic mass is 35.5. The van der Waals surface area contributed by atoms with Gasteiger partial charge in [-0.2, -0.15) is 0 Å². The zero-order valence-corrected chi connectivity index (χ0v) is 18.5. The lowest BCUT2D eigenvalue weighted by Gasteiger charge is -2.27. The molecule has 0 aliphatic carbocycles. The first-order chi connectivity index (χ1) is 15.0. The molecule has 0 radical (unpaired) electrons. The maximum absolute atomic E-state index is 12.7. The Bertz CT molecular complexity index is 1300. The van der Waals surface area contributed by atoms with Gasteiger partial charge in [-0.1, -0.05) is 37.6 Å². The quantitative estimate of drug-likeness (QED) is 0.462. The molecule has 0 spiro atoms. The second-order valence-corrected chi connectivity index (χ2v) is 9.02. The molecule has 5 nitrogen and oxygen atoms in total. The predicted octanol–water partition coefficient (Wildman–Crippen LogP) is 5.25. The molecule has 0 saturated carbocycles. The summed E-state index contributed by atoms with van der Waals surface area (Å²) in [7, 11) is 0. The fraction of sp³-hybridized carbons (Fsp3) is 0.280. The van der Waals surface area contributed by atoms with Gasteiger partial charge in [0, 0.05) is 52.9 Å². The first-order valence-electron chi connectivity index (χ1n) is 10.7. The Morgan fingerprint density at radius 3 is 2.74 bits per heavy atom. The summed E-state index contributed by atoms with van der Waals surface area (Å²) in [6.45, 7) is 6.75. The molecule has 0 amide bonds. The molecule has 0 fully saturated rings. The number of fused-ring (bicyclic) bond motifs is 2. The fourth-order valence-electron chi connectivity index (χ4n) is 4.31. The number of H-pyrrole nitrogens is 2. The molecule has 6 heteroatoms. The SMILES string of the molecule is CC(C)c1ccc2c(CN3CCc4c(nc(-c5ccc(Cl)cc5)[nH]c4=O)C3)c[nH]c2c1. The van der Waals surface area contributed by atoms with Crippen LogP contribution in [0.1, 0.15) is 42.1 Å². The lowest BCUT2D eigenvalue weighted by Crippen LogP contribution is -2.35. The first kappa shape index (κ1) is 20.0. The van der Waals surface area contributed by atoms with Crippen molar-refractivity contribution in [1.29, 1.82) is 0 Å². The molecule has 2 aromatic carbocycles. The van der Waals surface area contributed by atoms with E-state index in [0.717, 1.165) is 29.9 Å². The van der Waals surface area contributed by atoms with Crippen molar-refractivity contribution in [2.75, 3.05) is 6.54 Å². The molecule has 2 N–H and O–H groups in total. The van der Waals surface area contributed by atoms with E-state index in [1.165, 1.54) is 22.0 Å². The smallest absolute Gasteiger partial charge is 0.254 e. The number of nitrogens with one attached hydrogen (secondary N) is 2. The van der Waals surface area contributed by atoms with Crippen molar-refractivity contribution in [2.45, 2.75) is 39.3 Å². The topological polar surface area (TPSA) is 64.8 Å². The second-order valence-electron chi connectivity index (χ2n) is 8.58. The van der Waals surface area contributed by atoms with Gasteiger partial charge >= 0.3 is 0 Å². The Balaban J connectivity index is 1.41. The van der Waals surface area contributed by atoms with Gasteiger partial charge in [-0.15, -0.1) is 0 Å². The van der Waals surface area contributed by atoms with Crippen molar-refractivity contribution in [3.63, 3.8) is 0 Å². The van der Waals surface area contributed by atoms with Gasteiger partial charge in [-0.05, 0) is 53.8 Å². The van der Waals surface area contributed by atoms with Crippen LogP contribution in [0.25, 0.3) is 22.3 Å². The van der Waals surface area contributed by atoms with E-state index in [0.29, 0.717) is 29.7 Å². The molecule has 3 heterocycles. The molecular formula is C25H25ClN4O. The highest BCUT2D eigenvalue weighted by Crippen LogP contribution is 2.26. The van der Waals surface area contributed by atoms with Gasteiger partial charge in [0.1, 0.15) is 5.82 Å². The minimum absolute atomic E-state index is 0.0390. The number of rotatable bonds is 4. The van der Waals surface area contributed by atoms with Crippen LogP contribution in [0.3, 0.4) is 0 Å². The highest BCUT2D eigenvalue weighted by molar-refractivity contribution is 6.30. The third-order valence-corrected chi connectivity index (χ3v) is 6.37. The summed E-state index contributed by atoms with van der Waals surface area (Å²) in [5, 5.41) is 1.92. The number of halogens is 1. The Labute approximate surface area is 186 Å². The maximum atomic E-state index is 12.7. The van der Waals surface area contributed by atoms with Crippen LogP contribution >= 0.6 is 11.6 Å². The van der Waals surface area contributed by atoms with Gasteiger partial charge < -0.3 is 9.97 Å². The Hall–Kier alpha value is -2.89.